The summed E-state index contributed by atoms with van der Waals surface area (Å²) in [5, 5.41) is 13.6. The van der Waals surface area contributed by atoms with Crippen molar-refractivity contribution in [3.8, 4) is 0 Å². The summed E-state index contributed by atoms with van der Waals surface area (Å²) < 4.78 is 0. The molecule has 128 valence electrons. The van der Waals surface area contributed by atoms with Crippen LogP contribution in [0.5, 0.6) is 0 Å². The van der Waals surface area contributed by atoms with E-state index in [9.17, 15) is 14.9 Å². The summed E-state index contributed by atoms with van der Waals surface area (Å²) in [6, 6.07) is 15.4. The second-order valence-corrected chi connectivity index (χ2v) is 5.44. The molecule has 0 aliphatic rings. The number of anilines is 1. The molecular weight excluding hydrogens is 338 g/mol. The SMILES string of the molecule is CCN(C(=S)NC(=O)/C=C/c1ccc([N+](=O)[O-])cc1)c1ccccc1. The summed E-state index contributed by atoms with van der Waals surface area (Å²) in [6.07, 6.45) is 2.91. The van der Waals surface area contributed by atoms with Crippen LogP contribution in [0.1, 0.15) is 12.5 Å². The van der Waals surface area contributed by atoms with E-state index in [4.69, 9.17) is 12.2 Å². The van der Waals surface area contributed by atoms with Gasteiger partial charge in [-0.05, 0) is 55.0 Å². The molecule has 0 aromatic heterocycles. The van der Waals surface area contributed by atoms with Gasteiger partial charge in [0.25, 0.3) is 5.69 Å². The summed E-state index contributed by atoms with van der Waals surface area (Å²) in [6.45, 7) is 2.56. The molecule has 0 bridgehead atoms. The highest BCUT2D eigenvalue weighted by Gasteiger charge is 2.11. The minimum atomic E-state index is -0.471. The molecule has 6 nitrogen and oxygen atoms in total. The number of nitrogens with zero attached hydrogens (tertiary/aromatic N) is 2. The van der Waals surface area contributed by atoms with Crippen molar-refractivity contribution in [3.63, 3.8) is 0 Å². The first-order valence-electron chi connectivity index (χ1n) is 7.61. The third kappa shape index (κ3) is 5.22. The molecule has 0 atom stereocenters. The predicted molar refractivity (Wildman–Crippen MR) is 102 cm³/mol. The lowest BCUT2D eigenvalue weighted by Gasteiger charge is -2.23. The number of thiocarbonyl (C=S) groups is 1. The Morgan fingerprint density at radius 3 is 2.40 bits per heavy atom. The molecule has 1 N–H and O–H groups in total. The molecule has 0 heterocycles. The van der Waals surface area contributed by atoms with Crippen LogP contribution in [-0.2, 0) is 4.79 Å². The van der Waals surface area contributed by atoms with Gasteiger partial charge in [-0.1, -0.05) is 18.2 Å². The van der Waals surface area contributed by atoms with Crippen molar-refractivity contribution in [2.45, 2.75) is 6.92 Å². The Kier molecular flexibility index (Phi) is 6.36. The van der Waals surface area contributed by atoms with E-state index in [2.05, 4.69) is 5.32 Å². The van der Waals surface area contributed by atoms with Gasteiger partial charge in [0.05, 0.1) is 4.92 Å². The number of nitro groups is 1. The second-order valence-electron chi connectivity index (χ2n) is 5.06. The number of hydrogen-bond donors (Lipinski definition) is 1. The van der Waals surface area contributed by atoms with E-state index in [1.165, 1.54) is 18.2 Å². The lowest BCUT2D eigenvalue weighted by Crippen LogP contribution is -2.42. The molecular formula is C18H17N3O3S. The van der Waals surface area contributed by atoms with Gasteiger partial charge in [-0.25, -0.2) is 0 Å². The summed E-state index contributed by atoms with van der Waals surface area (Å²) in [4.78, 5) is 24.0. The monoisotopic (exact) mass is 355 g/mol. The van der Waals surface area contributed by atoms with Crippen LogP contribution >= 0.6 is 12.2 Å². The average molecular weight is 355 g/mol. The number of rotatable bonds is 5. The number of carbonyl (C=O) groups excluding carboxylic acids is 1. The fourth-order valence-corrected chi connectivity index (χ4v) is 2.48. The normalized spacial score (nSPS) is 10.4. The predicted octanol–water partition coefficient (Wildman–Crippen LogP) is 3.54. The maximum Gasteiger partial charge on any atom is 0.269 e. The number of benzene rings is 2. The molecule has 0 fully saturated rings. The van der Waals surface area contributed by atoms with Crippen LogP contribution in [0.2, 0.25) is 0 Å². The van der Waals surface area contributed by atoms with Crippen LogP contribution in [0.25, 0.3) is 6.08 Å². The lowest BCUT2D eigenvalue weighted by atomic mass is 10.2. The third-order valence-electron chi connectivity index (χ3n) is 3.39. The summed E-state index contributed by atoms with van der Waals surface area (Å²) >= 11 is 5.29. The van der Waals surface area contributed by atoms with Gasteiger partial charge in [-0.15, -0.1) is 0 Å². The Hall–Kier alpha value is -3.06. The van der Waals surface area contributed by atoms with Crippen LogP contribution in [-0.4, -0.2) is 22.5 Å². The largest absolute Gasteiger partial charge is 0.319 e. The van der Waals surface area contributed by atoms with E-state index in [1.54, 1.807) is 18.2 Å². The summed E-state index contributed by atoms with van der Waals surface area (Å²) in [7, 11) is 0. The molecule has 2 aromatic carbocycles. The van der Waals surface area contributed by atoms with Crippen LogP contribution in [0.4, 0.5) is 11.4 Å². The van der Waals surface area contributed by atoms with E-state index in [-0.39, 0.29) is 11.6 Å². The number of hydrogen-bond acceptors (Lipinski definition) is 4. The van der Waals surface area contributed by atoms with E-state index in [0.29, 0.717) is 17.2 Å². The van der Waals surface area contributed by atoms with E-state index in [1.807, 2.05) is 42.2 Å². The second kappa shape index (κ2) is 8.70. The Labute approximate surface area is 150 Å². The standard InChI is InChI=1S/C18H17N3O3S/c1-2-20(15-6-4-3-5-7-15)18(25)19-17(22)13-10-14-8-11-16(12-9-14)21(23)24/h3-13H,2H2,1H3,(H,19,22,25)/b13-10+. The van der Waals surface area contributed by atoms with Gasteiger partial charge >= 0.3 is 0 Å². The first kappa shape index (κ1) is 18.3. The molecule has 0 radical (unpaired) electrons. The molecule has 2 aromatic rings. The number of non-ortho nitro benzene ring substituents is 1. The highest BCUT2D eigenvalue weighted by Crippen LogP contribution is 2.14. The average Bonchev–Trinajstić information content (AvgIpc) is 2.62. The van der Waals surface area contributed by atoms with Gasteiger partial charge in [0.1, 0.15) is 0 Å². The first-order chi connectivity index (χ1) is 12.0. The van der Waals surface area contributed by atoms with Crippen LogP contribution in [0, 0.1) is 10.1 Å². The van der Waals surface area contributed by atoms with Crippen molar-refractivity contribution in [3.05, 3.63) is 76.4 Å². The van der Waals surface area contributed by atoms with Gasteiger partial charge in [-0.2, -0.15) is 0 Å². The summed E-state index contributed by atoms with van der Waals surface area (Å²) in [5.41, 5.74) is 1.58. The van der Waals surface area contributed by atoms with Crippen molar-refractivity contribution in [1.29, 1.82) is 0 Å². The van der Waals surface area contributed by atoms with E-state index >= 15 is 0 Å². The number of carbonyl (C=O) groups is 1. The Bertz CT molecular complexity index is 789. The molecule has 1 amide bonds. The van der Waals surface area contributed by atoms with Crippen LogP contribution in [0.15, 0.2) is 60.7 Å². The van der Waals surface area contributed by atoms with Gasteiger partial charge in [0.15, 0.2) is 5.11 Å². The highest BCUT2D eigenvalue weighted by molar-refractivity contribution is 7.80. The Balaban J connectivity index is 1.98. The zero-order chi connectivity index (χ0) is 18.2. The fourth-order valence-electron chi connectivity index (χ4n) is 2.14. The number of para-hydroxylation sites is 1. The first-order valence-corrected chi connectivity index (χ1v) is 8.02. The maximum absolute atomic E-state index is 12.0. The van der Waals surface area contributed by atoms with Crippen molar-refractivity contribution < 1.29 is 9.72 Å². The zero-order valence-electron chi connectivity index (χ0n) is 13.6. The molecule has 0 aliphatic heterocycles. The maximum atomic E-state index is 12.0. The van der Waals surface area contributed by atoms with Gasteiger partial charge in [-0.3, -0.25) is 20.2 Å². The van der Waals surface area contributed by atoms with Gasteiger partial charge < -0.3 is 4.90 Å². The number of nitro benzene ring substituents is 1. The van der Waals surface area contributed by atoms with Gasteiger partial charge in [0.2, 0.25) is 5.91 Å². The van der Waals surface area contributed by atoms with Crippen molar-refractivity contribution >= 4 is 40.7 Å². The fraction of sp³-hybridized carbons (Fsp3) is 0.111. The van der Waals surface area contributed by atoms with E-state index < -0.39 is 4.92 Å². The third-order valence-corrected chi connectivity index (χ3v) is 3.71. The molecule has 0 saturated heterocycles. The van der Waals surface area contributed by atoms with Crippen molar-refractivity contribution in [2.75, 3.05) is 11.4 Å². The smallest absolute Gasteiger partial charge is 0.269 e. The minimum Gasteiger partial charge on any atom is -0.319 e. The Morgan fingerprint density at radius 2 is 1.84 bits per heavy atom. The molecule has 25 heavy (non-hydrogen) atoms. The van der Waals surface area contributed by atoms with Crippen LogP contribution < -0.4 is 10.2 Å². The number of amides is 1. The molecule has 0 unspecified atom stereocenters. The van der Waals surface area contributed by atoms with E-state index in [0.717, 1.165) is 5.69 Å². The topological polar surface area (TPSA) is 75.5 Å². The molecule has 0 spiro atoms. The quantitative estimate of drug-likeness (QED) is 0.384. The Morgan fingerprint density at radius 1 is 1.20 bits per heavy atom. The lowest BCUT2D eigenvalue weighted by molar-refractivity contribution is -0.384. The molecule has 7 heteroatoms. The molecule has 0 aliphatic carbocycles. The molecule has 2 rings (SSSR count). The number of nitrogens with one attached hydrogen (secondary N) is 1. The highest BCUT2D eigenvalue weighted by atomic mass is 32.1. The zero-order valence-corrected chi connectivity index (χ0v) is 14.4. The van der Waals surface area contributed by atoms with Crippen molar-refractivity contribution in [2.24, 2.45) is 0 Å². The summed E-state index contributed by atoms with van der Waals surface area (Å²) in [5.74, 6) is -0.363. The minimum absolute atomic E-state index is 0.00391. The van der Waals surface area contributed by atoms with Crippen molar-refractivity contribution in [1.82, 2.24) is 5.32 Å². The van der Waals surface area contributed by atoms with Crippen LogP contribution in [0.3, 0.4) is 0 Å². The molecule has 0 saturated carbocycles. The van der Waals surface area contributed by atoms with Gasteiger partial charge in [0, 0.05) is 30.4 Å².